The fourth-order valence-corrected chi connectivity index (χ4v) is 3.46. The third-order valence-electron chi connectivity index (χ3n) is 5.62. The highest BCUT2D eigenvalue weighted by molar-refractivity contribution is 5.68. The maximum atomic E-state index is 12.1. The van der Waals surface area contributed by atoms with Gasteiger partial charge >= 0.3 is 6.09 Å². The van der Waals surface area contributed by atoms with E-state index in [1.807, 2.05) is 27.7 Å². The summed E-state index contributed by atoms with van der Waals surface area (Å²) in [6, 6.07) is -0.0673. The van der Waals surface area contributed by atoms with Crippen molar-refractivity contribution in [3.8, 4) is 0 Å². The third kappa shape index (κ3) is 4.61. The van der Waals surface area contributed by atoms with Crippen LogP contribution in [0.1, 0.15) is 59.8 Å². The van der Waals surface area contributed by atoms with Crippen LogP contribution in [0.2, 0.25) is 0 Å². The average Bonchev–Trinajstić information content (AvgIpc) is 2.45. The summed E-state index contributed by atoms with van der Waals surface area (Å²) < 4.78 is 5.40. The molecule has 6 nitrogen and oxygen atoms in total. The second-order valence-electron chi connectivity index (χ2n) is 8.69. The molecule has 1 saturated heterocycles. The highest BCUT2D eigenvalue weighted by Gasteiger charge is 2.42. The Hall–Kier alpha value is -0.850. The van der Waals surface area contributed by atoms with Crippen LogP contribution in [-0.4, -0.2) is 64.7 Å². The summed E-state index contributed by atoms with van der Waals surface area (Å²) in [4.78, 5) is 13.8. The Bertz CT molecular complexity index is 429. The fraction of sp³-hybridized carbons (Fsp3) is 0.944. The molecule has 1 aliphatic carbocycles. The molecular formula is C18H34N2O4. The predicted octanol–water partition coefficient (Wildman–Crippen LogP) is 1.89. The molecule has 1 unspecified atom stereocenters. The molecule has 1 atom stereocenters. The zero-order valence-electron chi connectivity index (χ0n) is 15.6. The molecule has 1 saturated carbocycles. The zero-order valence-corrected chi connectivity index (χ0v) is 15.6. The van der Waals surface area contributed by atoms with E-state index in [0.717, 1.165) is 19.4 Å². The van der Waals surface area contributed by atoms with Crippen LogP contribution in [-0.2, 0) is 4.74 Å². The minimum absolute atomic E-state index is 0.00182. The second-order valence-corrected chi connectivity index (χ2v) is 8.69. The molecule has 1 aliphatic heterocycles. The number of hydrogen-bond donors (Lipinski definition) is 3. The largest absolute Gasteiger partial charge is 0.444 e. The van der Waals surface area contributed by atoms with Crippen molar-refractivity contribution in [1.82, 2.24) is 10.2 Å². The molecule has 1 amide bonds. The number of nitrogens with one attached hydrogen (secondary N) is 1. The molecule has 0 aromatic rings. The van der Waals surface area contributed by atoms with Gasteiger partial charge in [-0.25, -0.2) is 4.79 Å². The van der Waals surface area contributed by atoms with Crippen molar-refractivity contribution >= 4 is 6.09 Å². The van der Waals surface area contributed by atoms with Crippen LogP contribution in [0.15, 0.2) is 0 Å². The number of aliphatic hydroxyl groups excluding tert-OH is 1. The maximum absolute atomic E-state index is 12.1. The standard InChI is InChI=1S/C18H34N2O4/c1-14(19-12-17(13-21)6-5-7-17)18(23)8-10-20(11-9-18)15(22)24-16(2,3)4/h14,19,21,23H,5-13H2,1-4H3. The van der Waals surface area contributed by atoms with Crippen LogP contribution in [0.25, 0.3) is 0 Å². The Morgan fingerprint density at radius 3 is 2.25 bits per heavy atom. The number of likely N-dealkylation sites (tertiary alicyclic amines) is 1. The third-order valence-corrected chi connectivity index (χ3v) is 5.62. The van der Waals surface area contributed by atoms with Crippen LogP contribution in [0.5, 0.6) is 0 Å². The van der Waals surface area contributed by atoms with Crippen LogP contribution in [0.3, 0.4) is 0 Å². The highest BCUT2D eigenvalue weighted by Crippen LogP contribution is 2.40. The van der Waals surface area contributed by atoms with Crippen molar-refractivity contribution in [3.05, 3.63) is 0 Å². The summed E-state index contributed by atoms with van der Waals surface area (Å²) in [7, 11) is 0. The number of piperidine rings is 1. The molecule has 2 fully saturated rings. The van der Waals surface area contributed by atoms with E-state index in [-0.39, 0.29) is 24.2 Å². The van der Waals surface area contributed by atoms with Crippen molar-refractivity contribution < 1.29 is 19.7 Å². The van der Waals surface area contributed by atoms with Crippen molar-refractivity contribution in [2.24, 2.45) is 5.41 Å². The summed E-state index contributed by atoms with van der Waals surface area (Å²) >= 11 is 0. The first-order valence-corrected chi connectivity index (χ1v) is 9.14. The molecule has 0 radical (unpaired) electrons. The Morgan fingerprint density at radius 2 is 1.83 bits per heavy atom. The van der Waals surface area contributed by atoms with Gasteiger partial charge in [0.25, 0.3) is 0 Å². The SMILES string of the molecule is CC(NCC1(CO)CCC1)C1(O)CCN(C(=O)OC(C)(C)C)CC1. The number of carbonyl (C=O) groups excluding carboxylic acids is 1. The number of carbonyl (C=O) groups is 1. The topological polar surface area (TPSA) is 82.0 Å². The van der Waals surface area contributed by atoms with Gasteiger partial charge in [0.1, 0.15) is 5.60 Å². The van der Waals surface area contributed by atoms with Gasteiger partial charge in [0.05, 0.1) is 5.60 Å². The summed E-state index contributed by atoms with van der Waals surface area (Å²) in [5, 5.41) is 23.9. The highest BCUT2D eigenvalue weighted by atomic mass is 16.6. The molecule has 140 valence electrons. The number of hydrogen-bond acceptors (Lipinski definition) is 5. The fourth-order valence-electron chi connectivity index (χ4n) is 3.46. The summed E-state index contributed by atoms with van der Waals surface area (Å²) in [6.07, 6.45) is 4.03. The molecule has 6 heteroatoms. The minimum atomic E-state index is -0.821. The Labute approximate surface area is 145 Å². The van der Waals surface area contributed by atoms with Gasteiger partial charge in [-0.3, -0.25) is 0 Å². The van der Waals surface area contributed by atoms with E-state index in [2.05, 4.69) is 5.32 Å². The van der Waals surface area contributed by atoms with Crippen molar-refractivity contribution in [1.29, 1.82) is 0 Å². The van der Waals surface area contributed by atoms with Crippen LogP contribution >= 0.6 is 0 Å². The number of nitrogens with zero attached hydrogens (tertiary/aromatic N) is 1. The van der Waals surface area contributed by atoms with E-state index in [4.69, 9.17) is 4.74 Å². The lowest BCUT2D eigenvalue weighted by atomic mass is 9.69. The lowest BCUT2D eigenvalue weighted by Crippen LogP contribution is -2.58. The predicted molar refractivity (Wildman–Crippen MR) is 92.8 cm³/mol. The molecule has 2 rings (SSSR count). The molecule has 1 heterocycles. The smallest absolute Gasteiger partial charge is 0.410 e. The molecule has 0 spiro atoms. The Balaban J connectivity index is 1.81. The Morgan fingerprint density at radius 1 is 1.25 bits per heavy atom. The van der Waals surface area contributed by atoms with Gasteiger partial charge in [-0.1, -0.05) is 6.42 Å². The summed E-state index contributed by atoms with van der Waals surface area (Å²) in [6.45, 7) is 9.51. The van der Waals surface area contributed by atoms with Crippen molar-refractivity contribution in [2.75, 3.05) is 26.2 Å². The number of amides is 1. The van der Waals surface area contributed by atoms with Crippen LogP contribution in [0, 0.1) is 5.41 Å². The average molecular weight is 342 g/mol. The monoisotopic (exact) mass is 342 g/mol. The molecule has 0 aromatic heterocycles. The van der Waals surface area contributed by atoms with E-state index in [1.54, 1.807) is 4.90 Å². The summed E-state index contributed by atoms with van der Waals surface area (Å²) in [5.41, 5.74) is -1.32. The lowest BCUT2D eigenvalue weighted by molar-refractivity contribution is -0.0561. The van der Waals surface area contributed by atoms with E-state index in [9.17, 15) is 15.0 Å². The maximum Gasteiger partial charge on any atom is 0.410 e. The zero-order chi connectivity index (χ0) is 18.0. The van der Waals surface area contributed by atoms with E-state index in [0.29, 0.717) is 25.9 Å². The normalized spacial score (nSPS) is 24.2. The van der Waals surface area contributed by atoms with Crippen molar-refractivity contribution in [3.63, 3.8) is 0 Å². The summed E-state index contributed by atoms with van der Waals surface area (Å²) in [5.74, 6) is 0. The first-order chi connectivity index (χ1) is 11.1. The molecule has 24 heavy (non-hydrogen) atoms. The van der Waals surface area contributed by atoms with Gasteiger partial charge in [0, 0.05) is 37.7 Å². The van der Waals surface area contributed by atoms with Crippen molar-refractivity contribution in [2.45, 2.75) is 77.0 Å². The molecule has 2 aliphatic rings. The van der Waals surface area contributed by atoms with E-state index < -0.39 is 11.2 Å². The minimum Gasteiger partial charge on any atom is -0.444 e. The van der Waals surface area contributed by atoms with Crippen LogP contribution in [0.4, 0.5) is 4.79 Å². The van der Waals surface area contributed by atoms with Gasteiger partial charge in [0.15, 0.2) is 0 Å². The first-order valence-electron chi connectivity index (χ1n) is 9.14. The Kier molecular flexibility index (Phi) is 5.83. The van der Waals surface area contributed by atoms with E-state index in [1.165, 1.54) is 6.42 Å². The number of rotatable bonds is 5. The number of ether oxygens (including phenoxy) is 1. The van der Waals surface area contributed by atoms with Gasteiger partial charge < -0.3 is 25.2 Å². The quantitative estimate of drug-likeness (QED) is 0.711. The molecule has 0 bridgehead atoms. The molecular weight excluding hydrogens is 308 g/mol. The van der Waals surface area contributed by atoms with Gasteiger partial charge in [-0.15, -0.1) is 0 Å². The molecule has 0 aromatic carbocycles. The first kappa shape index (κ1) is 19.5. The molecule has 3 N–H and O–H groups in total. The van der Waals surface area contributed by atoms with Gasteiger partial charge in [0.2, 0.25) is 0 Å². The van der Waals surface area contributed by atoms with Gasteiger partial charge in [-0.2, -0.15) is 0 Å². The van der Waals surface area contributed by atoms with Gasteiger partial charge in [-0.05, 0) is 53.4 Å². The van der Waals surface area contributed by atoms with E-state index >= 15 is 0 Å². The lowest BCUT2D eigenvalue weighted by Gasteiger charge is -2.45. The second kappa shape index (κ2) is 7.18. The van der Waals surface area contributed by atoms with Crippen LogP contribution < -0.4 is 5.32 Å². The number of aliphatic hydroxyl groups is 2.